The summed E-state index contributed by atoms with van der Waals surface area (Å²) in [6, 6.07) is 0. The molecular weight excluding hydrogens is 371 g/mol. The van der Waals surface area contributed by atoms with Gasteiger partial charge >= 0.3 is 17.9 Å². The zero-order valence-electron chi connectivity index (χ0n) is 15.4. The second-order valence-electron chi connectivity index (χ2n) is 8.83. The first-order chi connectivity index (χ1) is 12.6. The van der Waals surface area contributed by atoms with Gasteiger partial charge < -0.3 is 14.6 Å². The Morgan fingerprint density at radius 2 is 1.63 bits per heavy atom. The van der Waals surface area contributed by atoms with Crippen LogP contribution in [0.1, 0.15) is 58.3 Å². The first-order valence-electron chi connectivity index (χ1n) is 10.1. The number of hydrogen-bond donors (Lipinski definition) is 1. The molecule has 156 valence electrons. The Labute approximate surface area is 155 Å². The van der Waals surface area contributed by atoms with Crippen molar-refractivity contribution in [2.45, 2.75) is 88.6 Å². The highest BCUT2D eigenvalue weighted by Gasteiger charge is 2.78. The van der Waals surface area contributed by atoms with E-state index >= 15 is 8.78 Å². The Balaban J connectivity index is 1.64. The van der Waals surface area contributed by atoms with Crippen LogP contribution >= 0.6 is 0 Å². The third-order valence-corrected chi connectivity index (χ3v) is 7.44. The molecule has 0 amide bonds. The summed E-state index contributed by atoms with van der Waals surface area (Å²) in [7, 11) is 0. The van der Waals surface area contributed by atoms with Gasteiger partial charge in [0.15, 0.2) is 6.29 Å². The van der Waals surface area contributed by atoms with Crippen LogP contribution < -0.4 is 0 Å². The number of halogens is 5. The van der Waals surface area contributed by atoms with Crippen LogP contribution in [-0.2, 0) is 9.47 Å². The minimum absolute atomic E-state index is 0.0256. The van der Waals surface area contributed by atoms with Gasteiger partial charge in [-0.05, 0) is 61.7 Å². The van der Waals surface area contributed by atoms with Crippen molar-refractivity contribution in [3.63, 3.8) is 0 Å². The summed E-state index contributed by atoms with van der Waals surface area (Å²) in [6.07, 6.45) is -3.13. The smallest absolute Gasteiger partial charge is 0.354 e. The molecule has 8 atom stereocenters. The maximum atomic E-state index is 15.0. The van der Waals surface area contributed by atoms with Gasteiger partial charge in [-0.15, -0.1) is 0 Å². The summed E-state index contributed by atoms with van der Waals surface area (Å²) in [5.41, 5.74) is 0. The van der Waals surface area contributed by atoms with E-state index in [0.717, 1.165) is 32.1 Å². The number of alkyl halides is 5. The zero-order chi connectivity index (χ0) is 19.6. The van der Waals surface area contributed by atoms with E-state index in [-0.39, 0.29) is 18.3 Å². The molecule has 4 rings (SSSR count). The van der Waals surface area contributed by atoms with Crippen molar-refractivity contribution in [2.75, 3.05) is 0 Å². The summed E-state index contributed by atoms with van der Waals surface area (Å²) in [5.74, 6) is -8.66. The van der Waals surface area contributed by atoms with Crippen LogP contribution in [-0.4, -0.2) is 35.4 Å². The molecule has 3 saturated carbocycles. The highest BCUT2D eigenvalue weighted by molar-refractivity contribution is 5.09. The lowest BCUT2D eigenvalue weighted by atomic mass is 9.65. The van der Waals surface area contributed by atoms with Gasteiger partial charge in [0.2, 0.25) is 0 Å². The first kappa shape index (κ1) is 19.8. The maximum absolute atomic E-state index is 15.0. The Morgan fingerprint density at radius 3 is 2.26 bits per heavy atom. The summed E-state index contributed by atoms with van der Waals surface area (Å²) < 4.78 is 80.2. The molecule has 0 radical (unpaired) electrons. The van der Waals surface area contributed by atoms with Gasteiger partial charge in [-0.2, -0.15) is 22.0 Å². The number of aliphatic hydroxyl groups is 1. The maximum Gasteiger partial charge on any atom is 0.449 e. The van der Waals surface area contributed by atoms with Gasteiger partial charge in [0, 0.05) is 0 Å². The molecule has 4 fully saturated rings. The molecule has 0 aromatic heterocycles. The van der Waals surface area contributed by atoms with E-state index in [4.69, 9.17) is 4.74 Å². The minimum atomic E-state index is -5.60. The highest BCUT2D eigenvalue weighted by Crippen LogP contribution is 2.63. The van der Waals surface area contributed by atoms with Crippen molar-refractivity contribution < 1.29 is 36.5 Å². The molecule has 1 N–H and O–H groups in total. The van der Waals surface area contributed by atoms with Crippen LogP contribution in [0.3, 0.4) is 0 Å². The Hall–Kier alpha value is -0.470. The molecule has 8 unspecified atom stereocenters. The molecule has 2 bridgehead atoms. The van der Waals surface area contributed by atoms with Crippen molar-refractivity contribution >= 4 is 0 Å². The summed E-state index contributed by atoms with van der Waals surface area (Å²) in [4.78, 5) is 0. The second-order valence-corrected chi connectivity index (χ2v) is 8.83. The number of rotatable bonds is 3. The third-order valence-electron chi connectivity index (χ3n) is 7.44. The molecule has 1 saturated heterocycles. The van der Waals surface area contributed by atoms with Gasteiger partial charge in [0.25, 0.3) is 0 Å². The van der Waals surface area contributed by atoms with Crippen molar-refractivity contribution in [1.29, 1.82) is 0 Å². The van der Waals surface area contributed by atoms with E-state index in [2.05, 4.69) is 4.74 Å². The van der Waals surface area contributed by atoms with E-state index < -0.39 is 36.2 Å². The van der Waals surface area contributed by atoms with Crippen LogP contribution in [0.2, 0.25) is 0 Å². The molecule has 3 aliphatic carbocycles. The molecule has 0 spiro atoms. The third kappa shape index (κ3) is 2.84. The predicted molar refractivity (Wildman–Crippen MR) is 85.8 cm³/mol. The second kappa shape index (κ2) is 6.52. The van der Waals surface area contributed by atoms with Crippen LogP contribution in [0.15, 0.2) is 0 Å². The highest BCUT2D eigenvalue weighted by atomic mass is 19.4. The molecule has 8 heteroatoms. The molecular formula is C19H27F5O3. The van der Waals surface area contributed by atoms with Crippen LogP contribution in [0.4, 0.5) is 22.0 Å². The van der Waals surface area contributed by atoms with Gasteiger partial charge in [-0.3, -0.25) is 0 Å². The zero-order valence-corrected chi connectivity index (χ0v) is 15.4. The van der Waals surface area contributed by atoms with Gasteiger partial charge in [-0.1, -0.05) is 26.2 Å². The fourth-order valence-corrected chi connectivity index (χ4v) is 6.37. The standard InChI is InChI=1S/C19H27F5O3/c1-2-5-15-26-16(17(20,21)18(25,27-15)19(22,23)24)14-9-10-8-13(14)12-7-4-3-6-11(10)12/h10-16,25H,2-9H2,1H3. The number of ether oxygens (including phenoxy) is 2. The van der Waals surface area contributed by atoms with Gasteiger partial charge in [0.05, 0.1) is 0 Å². The summed E-state index contributed by atoms with van der Waals surface area (Å²) in [6.45, 7) is 1.70. The van der Waals surface area contributed by atoms with Crippen molar-refractivity contribution in [3.05, 3.63) is 0 Å². The Bertz CT molecular complexity index is 568. The fourth-order valence-electron chi connectivity index (χ4n) is 6.37. The SMILES string of the molecule is CCCC1OC(C2CC3CC2C2CCCCC32)C(F)(F)C(O)(C(F)(F)F)O1. The lowest BCUT2D eigenvalue weighted by Crippen LogP contribution is -2.72. The molecule has 1 heterocycles. The van der Waals surface area contributed by atoms with E-state index in [0.29, 0.717) is 24.7 Å². The van der Waals surface area contributed by atoms with Gasteiger partial charge in [-0.25, -0.2) is 0 Å². The average molecular weight is 398 g/mol. The molecule has 0 aromatic carbocycles. The van der Waals surface area contributed by atoms with Crippen LogP contribution in [0.5, 0.6) is 0 Å². The molecule has 1 aliphatic heterocycles. The van der Waals surface area contributed by atoms with Crippen LogP contribution in [0.25, 0.3) is 0 Å². The Morgan fingerprint density at radius 1 is 1.00 bits per heavy atom. The summed E-state index contributed by atoms with van der Waals surface area (Å²) >= 11 is 0. The van der Waals surface area contributed by atoms with Crippen molar-refractivity contribution in [1.82, 2.24) is 0 Å². The molecule has 27 heavy (non-hydrogen) atoms. The largest absolute Gasteiger partial charge is 0.449 e. The van der Waals surface area contributed by atoms with E-state index in [9.17, 15) is 18.3 Å². The predicted octanol–water partition coefficient (Wildman–Crippen LogP) is 4.88. The lowest BCUT2D eigenvalue weighted by Gasteiger charge is -2.51. The van der Waals surface area contributed by atoms with Crippen molar-refractivity contribution in [3.8, 4) is 0 Å². The molecule has 4 aliphatic rings. The first-order valence-corrected chi connectivity index (χ1v) is 10.1. The monoisotopic (exact) mass is 398 g/mol. The minimum Gasteiger partial charge on any atom is -0.354 e. The van der Waals surface area contributed by atoms with E-state index in [1.165, 1.54) is 0 Å². The fraction of sp³-hybridized carbons (Fsp3) is 1.00. The average Bonchev–Trinajstić information content (AvgIpc) is 3.17. The summed E-state index contributed by atoms with van der Waals surface area (Å²) in [5, 5.41) is 9.99. The quantitative estimate of drug-likeness (QED) is 0.689. The van der Waals surface area contributed by atoms with Gasteiger partial charge in [0.1, 0.15) is 6.10 Å². The van der Waals surface area contributed by atoms with Crippen molar-refractivity contribution in [2.24, 2.45) is 29.6 Å². The molecule has 3 nitrogen and oxygen atoms in total. The molecule has 0 aromatic rings. The Kier molecular flexibility index (Phi) is 4.79. The van der Waals surface area contributed by atoms with E-state index in [1.54, 1.807) is 6.92 Å². The van der Waals surface area contributed by atoms with E-state index in [1.807, 2.05) is 0 Å². The number of fused-ring (bicyclic) bond motifs is 5. The lowest BCUT2D eigenvalue weighted by molar-refractivity contribution is -0.508. The topological polar surface area (TPSA) is 38.7 Å². The normalized spacial score (nSPS) is 49.2. The number of hydrogen-bond acceptors (Lipinski definition) is 3. The van der Waals surface area contributed by atoms with Crippen LogP contribution in [0, 0.1) is 29.6 Å².